The number of hydrogen-bond acceptors (Lipinski definition) is 3. The van der Waals surface area contributed by atoms with Crippen LogP contribution in [0.2, 0.25) is 0 Å². The van der Waals surface area contributed by atoms with Crippen molar-refractivity contribution in [3.63, 3.8) is 0 Å². The highest BCUT2D eigenvalue weighted by atomic mass is 16.5. The van der Waals surface area contributed by atoms with Crippen LogP contribution in [-0.2, 0) is 13.0 Å². The number of rotatable bonds is 7. The molecule has 0 unspecified atom stereocenters. The van der Waals surface area contributed by atoms with E-state index in [1.54, 1.807) is 7.11 Å². The summed E-state index contributed by atoms with van der Waals surface area (Å²) < 4.78 is 5.28. The fourth-order valence-electron chi connectivity index (χ4n) is 1.65. The Bertz CT molecular complexity index is 313. The molecule has 1 aromatic carbocycles. The van der Waals surface area contributed by atoms with Gasteiger partial charge in [-0.2, -0.15) is 0 Å². The summed E-state index contributed by atoms with van der Waals surface area (Å²) in [6, 6.07) is 6.26. The minimum Gasteiger partial charge on any atom is -0.496 e. The van der Waals surface area contributed by atoms with Gasteiger partial charge in [-0.15, -0.1) is 0 Å². The first-order valence-corrected chi connectivity index (χ1v) is 5.79. The lowest BCUT2D eigenvalue weighted by molar-refractivity contribution is 0.286. The summed E-state index contributed by atoms with van der Waals surface area (Å²) in [6.07, 6.45) is 1.78. The summed E-state index contributed by atoms with van der Waals surface area (Å²) in [5, 5.41) is 11.9. The molecular formula is C13H21NO2. The van der Waals surface area contributed by atoms with E-state index in [1.807, 2.05) is 6.07 Å². The minimum atomic E-state index is 0.246. The van der Waals surface area contributed by atoms with Crippen LogP contribution in [0.5, 0.6) is 5.75 Å². The average molecular weight is 223 g/mol. The van der Waals surface area contributed by atoms with Crippen LogP contribution in [0.1, 0.15) is 24.5 Å². The Morgan fingerprint density at radius 3 is 2.81 bits per heavy atom. The number of aryl methyl sites for hydroxylation is 1. The Kier molecular flexibility index (Phi) is 5.90. The number of aliphatic hydroxyl groups excluding tert-OH is 1. The summed E-state index contributed by atoms with van der Waals surface area (Å²) >= 11 is 0. The molecule has 0 fully saturated rings. The van der Waals surface area contributed by atoms with Gasteiger partial charge >= 0.3 is 0 Å². The molecule has 0 bridgehead atoms. The van der Waals surface area contributed by atoms with Gasteiger partial charge in [-0.1, -0.05) is 19.1 Å². The molecule has 0 aliphatic carbocycles. The normalized spacial score (nSPS) is 10.4. The molecular weight excluding hydrogens is 202 g/mol. The lowest BCUT2D eigenvalue weighted by Crippen LogP contribution is -2.15. The minimum absolute atomic E-state index is 0.246. The van der Waals surface area contributed by atoms with E-state index >= 15 is 0 Å². The first-order chi connectivity index (χ1) is 7.81. The molecule has 0 saturated carbocycles. The summed E-state index contributed by atoms with van der Waals surface area (Å²) in [5.74, 6) is 0.960. The van der Waals surface area contributed by atoms with E-state index in [0.29, 0.717) is 0 Å². The Hall–Kier alpha value is -1.06. The Labute approximate surface area is 97.4 Å². The number of benzene rings is 1. The van der Waals surface area contributed by atoms with E-state index in [1.165, 1.54) is 11.1 Å². The number of nitrogens with one attached hydrogen (secondary N) is 1. The molecule has 0 spiro atoms. The second kappa shape index (κ2) is 7.25. The van der Waals surface area contributed by atoms with E-state index < -0.39 is 0 Å². The van der Waals surface area contributed by atoms with Gasteiger partial charge in [0.2, 0.25) is 0 Å². The Morgan fingerprint density at radius 2 is 2.19 bits per heavy atom. The van der Waals surface area contributed by atoms with Crippen LogP contribution in [0.3, 0.4) is 0 Å². The van der Waals surface area contributed by atoms with Crippen molar-refractivity contribution in [1.82, 2.24) is 5.32 Å². The van der Waals surface area contributed by atoms with E-state index in [0.717, 1.165) is 31.7 Å². The van der Waals surface area contributed by atoms with Crippen LogP contribution in [-0.4, -0.2) is 25.4 Å². The monoisotopic (exact) mass is 223 g/mol. The van der Waals surface area contributed by atoms with Crippen molar-refractivity contribution < 1.29 is 9.84 Å². The molecule has 0 amide bonds. The number of aliphatic hydroxyl groups is 1. The maximum Gasteiger partial charge on any atom is 0.122 e. The number of ether oxygens (including phenoxy) is 1. The molecule has 2 N–H and O–H groups in total. The molecule has 90 valence electrons. The highest BCUT2D eigenvalue weighted by molar-refractivity contribution is 5.37. The number of hydrogen-bond donors (Lipinski definition) is 2. The maximum absolute atomic E-state index is 8.66. The molecule has 3 nitrogen and oxygen atoms in total. The zero-order valence-electron chi connectivity index (χ0n) is 10.1. The molecule has 0 aliphatic rings. The lowest BCUT2D eigenvalue weighted by Gasteiger charge is -2.09. The van der Waals surface area contributed by atoms with E-state index in [4.69, 9.17) is 9.84 Å². The third kappa shape index (κ3) is 3.83. The predicted molar refractivity (Wildman–Crippen MR) is 65.8 cm³/mol. The van der Waals surface area contributed by atoms with Gasteiger partial charge in [-0.3, -0.25) is 0 Å². The second-order valence-corrected chi connectivity index (χ2v) is 3.75. The molecule has 0 aliphatic heterocycles. The third-order valence-corrected chi connectivity index (χ3v) is 2.57. The van der Waals surface area contributed by atoms with Crippen LogP contribution in [0.15, 0.2) is 18.2 Å². The molecule has 1 rings (SSSR count). The molecule has 0 aromatic heterocycles. The van der Waals surface area contributed by atoms with Gasteiger partial charge < -0.3 is 15.2 Å². The largest absolute Gasteiger partial charge is 0.496 e. The first-order valence-electron chi connectivity index (χ1n) is 5.79. The summed E-state index contributed by atoms with van der Waals surface area (Å²) in [5.41, 5.74) is 2.50. The van der Waals surface area contributed by atoms with Crippen molar-refractivity contribution in [1.29, 1.82) is 0 Å². The van der Waals surface area contributed by atoms with Gasteiger partial charge in [0.25, 0.3) is 0 Å². The smallest absolute Gasteiger partial charge is 0.122 e. The molecule has 0 atom stereocenters. The van der Waals surface area contributed by atoms with Gasteiger partial charge in [0.1, 0.15) is 5.75 Å². The standard InChI is InChI=1S/C13H21NO2/c1-3-12-9-11(5-6-13(12)16-2)10-14-7-4-8-15/h5-6,9,14-15H,3-4,7-8,10H2,1-2H3. The fraction of sp³-hybridized carbons (Fsp3) is 0.538. The van der Waals surface area contributed by atoms with E-state index in [2.05, 4.69) is 24.4 Å². The third-order valence-electron chi connectivity index (χ3n) is 2.57. The molecule has 0 saturated heterocycles. The van der Waals surface area contributed by atoms with Gasteiger partial charge in [-0.05, 0) is 36.6 Å². The fourth-order valence-corrected chi connectivity index (χ4v) is 1.65. The van der Waals surface area contributed by atoms with Crippen molar-refractivity contribution in [2.75, 3.05) is 20.3 Å². The second-order valence-electron chi connectivity index (χ2n) is 3.75. The van der Waals surface area contributed by atoms with E-state index in [-0.39, 0.29) is 6.61 Å². The first kappa shape index (κ1) is 13.0. The van der Waals surface area contributed by atoms with Crippen molar-refractivity contribution in [3.8, 4) is 5.75 Å². The maximum atomic E-state index is 8.66. The lowest BCUT2D eigenvalue weighted by atomic mass is 10.1. The van der Waals surface area contributed by atoms with Crippen molar-refractivity contribution in [2.45, 2.75) is 26.3 Å². The molecule has 3 heteroatoms. The van der Waals surface area contributed by atoms with Crippen molar-refractivity contribution in [3.05, 3.63) is 29.3 Å². The zero-order chi connectivity index (χ0) is 11.8. The van der Waals surface area contributed by atoms with Crippen LogP contribution in [0.25, 0.3) is 0 Å². The topological polar surface area (TPSA) is 41.5 Å². The summed E-state index contributed by atoms with van der Waals surface area (Å²) in [6.45, 7) is 4.07. The number of methoxy groups -OCH3 is 1. The molecule has 16 heavy (non-hydrogen) atoms. The molecule has 0 heterocycles. The SMILES string of the molecule is CCc1cc(CNCCCO)ccc1OC. The molecule has 0 radical (unpaired) electrons. The van der Waals surface area contributed by atoms with Crippen LogP contribution < -0.4 is 10.1 Å². The Balaban J connectivity index is 2.54. The highest BCUT2D eigenvalue weighted by Gasteiger charge is 2.02. The van der Waals surface area contributed by atoms with Gasteiger partial charge in [0, 0.05) is 13.2 Å². The highest BCUT2D eigenvalue weighted by Crippen LogP contribution is 2.20. The quantitative estimate of drug-likeness (QED) is 0.692. The van der Waals surface area contributed by atoms with Crippen LogP contribution >= 0.6 is 0 Å². The van der Waals surface area contributed by atoms with Crippen LogP contribution in [0.4, 0.5) is 0 Å². The molecule has 1 aromatic rings. The van der Waals surface area contributed by atoms with Gasteiger partial charge in [0.05, 0.1) is 7.11 Å². The van der Waals surface area contributed by atoms with Gasteiger partial charge in [-0.25, -0.2) is 0 Å². The predicted octanol–water partition coefficient (Wildman–Crippen LogP) is 1.73. The van der Waals surface area contributed by atoms with Gasteiger partial charge in [0.15, 0.2) is 0 Å². The van der Waals surface area contributed by atoms with Crippen LogP contribution in [0, 0.1) is 0 Å². The summed E-state index contributed by atoms with van der Waals surface area (Å²) in [4.78, 5) is 0. The Morgan fingerprint density at radius 1 is 1.38 bits per heavy atom. The van der Waals surface area contributed by atoms with Crippen molar-refractivity contribution in [2.24, 2.45) is 0 Å². The zero-order valence-corrected chi connectivity index (χ0v) is 10.1. The average Bonchev–Trinajstić information content (AvgIpc) is 2.34. The van der Waals surface area contributed by atoms with E-state index in [9.17, 15) is 0 Å². The summed E-state index contributed by atoms with van der Waals surface area (Å²) in [7, 11) is 1.70. The van der Waals surface area contributed by atoms with Crippen molar-refractivity contribution >= 4 is 0 Å².